The predicted octanol–water partition coefficient (Wildman–Crippen LogP) is 2.27. The Bertz CT molecular complexity index is 397. The van der Waals surface area contributed by atoms with Crippen LogP contribution in [0.2, 0.25) is 0 Å². The van der Waals surface area contributed by atoms with E-state index in [1.165, 1.54) is 5.56 Å². The average molecular weight is 261 g/mol. The summed E-state index contributed by atoms with van der Waals surface area (Å²) in [5.41, 5.74) is 1.25. The van der Waals surface area contributed by atoms with Gasteiger partial charge in [0.15, 0.2) is 0 Å². The van der Waals surface area contributed by atoms with Gasteiger partial charge < -0.3 is 4.90 Å². The van der Waals surface area contributed by atoms with Crippen molar-refractivity contribution < 1.29 is 4.79 Å². The number of ketones is 1. The lowest BCUT2D eigenvalue weighted by Gasteiger charge is -2.31. The van der Waals surface area contributed by atoms with Gasteiger partial charge in [-0.2, -0.15) is 0 Å². The molecule has 2 rings (SSSR count). The third kappa shape index (κ3) is 4.10. The number of carbonyl (C=O) groups excluding carboxylic acids is 1. The van der Waals surface area contributed by atoms with Gasteiger partial charge in [-0.1, -0.05) is 13.8 Å². The van der Waals surface area contributed by atoms with Crippen molar-refractivity contribution in [2.75, 3.05) is 19.6 Å². The lowest BCUT2D eigenvalue weighted by Crippen LogP contribution is -2.34. The van der Waals surface area contributed by atoms with Crippen LogP contribution in [-0.2, 0) is 4.79 Å². The summed E-state index contributed by atoms with van der Waals surface area (Å²) in [6.07, 6.45) is 8.41. The van der Waals surface area contributed by atoms with Crippen molar-refractivity contribution in [3.05, 3.63) is 24.3 Å². The number of rotatable bonds is 5. The summed E-state index contributed by atoms with van der Waals surface area (Å²) in [4.78, 5) is 22.2. The SMILES string of the molecule is CC(C)C(=O)CCN1CCC(c2cncnc2)CC1. The van der Waals surface area contributed by atoms with Crippen LogP contribution in [0.5, 0.6) is 0 Å². The molecule has 4 nitrogen and oxygen atoms in total. The molecule has 0 amide bonds. The van der Waals surface area contributed by atoms with Crippen LogP contribution in [0.3, 0.4) is 0 Å². The van der Waals surface area contributed by atoms with Gasteiger partial charge in [-0.25, -0.2) is 9.97 Å². The number of Topliss-reactive ketones (excluding diaryl/α,β-unsaturated/α-hetero) is 1. The second-order valence-corrected chi connectivity index (χ2v) is 5.66. The average Bonchev–Trinajstić information content (AvgIpc) is 2.46. The second kappa shape index (κ2) is 6.75. The summed E-state index contributed by atoms with van der Waals surface area (Å²) in [6, 6.07) is 0. The monoisotopic (exact) mass is 261 g/mol. The summed E-state index contributed by atoms with van der Waals surface area (Å²) in [5, 5.41) is 0. The molecule has 0 radical (unpaired) electrons. The molecule has 1 aromatic heterocycles. The molecule has 0 spiro atoms. The molecular formula is C15H23N3O. The zero-order chi connectivity index (χ0) is 13.7. The van der Waals surface area contributed by atoms with Crippen LogP contribution in [0.25, 0.3) is 0 Å². The van der Waals surface area contributed by atoms with Crippen molar-refractivity contribution in [1.29, 1.82) is 0 Å². The van der Waals surface area contributed by atoms with Gasteiger partial charge in [-0.05, 0) is 37.4 Å². The summed E-state index contributed by atoms with van der Waals surface area (Å²) in [6.45, 7) is 7.01. The minimum absolute atomic E-state index is 0.166. The third-order valence-corrected chi connectivity index (χ3v) is 3.96. The summed E-state index contributed by atoms with van der Waals surface area (Å²) in [5.74, 6) is 1.12. The highest BCUT2D eigenvalue weighted by molar-refractivity contribution is 5.80. The highest BCUT2D eigenvalue weighted by Gasteiger charge is 2.21. The van der Waals surface area contributed by atoms with Gasteiger partial charge in [0.05, 0.1) is 0 Å². The number of hydrogen-bond acceptors (Lipinski definition) is 4. The molecule has 0 aliphatic carbocycles. The van der Waals surface area contributed by atoms with Crippen molar-refractivity contribution in [1.82, 2.24) is 14.9 Å². The van der Waals surface area contributed by atoms with E-state index in [1.807, 2.05) is 26.2 Å². The van der Waals surface area contributed by atoms with Crippen LogP contribution in [0.1, 0.15) is 44.6 Å². The largest absolute Gasteiger partial charge is 0.303 e. The zero-order valence-electron chi connectivity index (χ0n) is 11.9. The lowest BCUT2D eigenvalue weighted by molar-refractivity contribution is -0.122. The van der Waals surface area contributed by atoms with E-state index in [0.717, 1.165) is 32.5 Å². The molecule has 19 heavy (non-hydrogen) atoms. The smallest absolute Gasteiger partial charge is 0.136 e. The minimum atomic E-state index is 0.166. The van der Waals surface area contributed by atoms with Gasteiger partial charge in [0.1, 0.15) is 12.1 Å². The van der Waals surface area contributed by atoms with E-state index in [-0.39, 0.29) is 5.92 Å². The van der Waals surface area contributed by atoms with Crippen molar-refractivity contribution in [3.63, 3.8) is 0 Å². The first-order valence-electron chi connectivity index (χ1n) is 7.17. The number of likely N-dealkylation sites (tertiary alicyclic amines) is 1. The maximum Gasteiger partial charge on any atom is 0.136 e. The van der Waals surface area contributed by atoms with E-state index >= 15 is 0 Å². The van der Waals surface area contributed by atoms with Crippen LogP contribution < -0.4 is 0 Å². The van der Waals surface area contributed by atoms with E-state index < -0.39 is 0 Å². The van der Waals surface area contributed by atoms with Crippen LogP contribution in [0, 0.1) is 5.92 Å². The van der Waals surface area contributed by atoms with E-state index in [1.54, 1.807) is 6.33 Å². The summed E-state index contributed by atoms with van der Waals surface area (Å²) < 4.78 is 0. The maximum atomic E-state index is 11.6. The number of piperidine rings is 1. The molecule has 1 fully saturated rings. The standard InChI is InChI=1S/C15H23N3O/c1-12(2)15(19)5-8-18-6-3-13(4-7-18)14-9-16-11-17-10-14/h9-13H,3-8H2,1-2H3. The maximum absolute atomic E-state index is 11.6. The van der Waals surface area contributed by atoms with Gasteiger partial charge in [-0.3, -0.25) is 4.79 Å². The molecule has 0 unspecified atom stereocenters. The molecule has 0 bridgehead atoms. The Kier molecular flexibility index (Phi) is 5.02. The van der Waals surface area contributed by atoms with Crippen molar-refractivity contribution >= 4 is 5.78 Å². The van der Waals surface area contributed by atoms with Gasteiger partial charge >= 0.3 is 0 Å². The van der Waals surface area contributed by atoms with E-state index in [9.17, 15) is 4.79 Å². The van der Waals surface area contributed by atoms with Crippen molar-refractivity contribution in [3.8, 4) is 0 Å². The molecule has 2 heterocycles. The zero-order valence-corrected chi connectivity index (χ0v) is 11.9. The first-order chi connectivity index (χ1) is 9.16. The number of hydrogen-bond donors (Lipinski definition) is 0. The fourth-order valence-electron chi connectivity index (χ4n) is 2.57. The second-order valence-electron chi connectivity index (χ2n) is 5.66. The Hall–Kier alpha value is -1.29. The first-order valence-corrected chi connectivity index (χ1v) is 7.17. The molecule has 4 heteroatoms. The summed E-state index contributed by atoms with van der Waals surface area (Å²) >= 11 is 0. The Balaban J connectivity index is 1.75. The van der Waals surface area contributed by atoms with Gasteiger partial charge in [-0.15, -0.1) is 0 Å². The van der Waals surface area contributed by atoms with Crippen molar-refractivity contribution in [2.24, 2.45) is 5.92 Å². The van der Waals surface area contributed by atoms with Crippen LogP contribution in [0.4, 0.5) is 0 Å². The van der Waals surface area contributed by atoms with E-state index in [2.05, 4.69) is 14.9 Å². The van der Waals surface area contributed by atoms with Crippen LogP contribution >= 0.6 is 0 Å². The minimum Gasteiger partial charge on any atom is -0.303 e. The van der Waals surface area contributed by atoms with Crippen LogP contribution in [0.15, 0.2) is 18.7 Å². The Labute approximate surface area is 115 Å². The molecule has 0 atom stereocenters. The number of carbonyl (C=O) groups is 1. The third-order valence-electron chi connectivity index (χ3n) is 3.96. The molecule has 1 aromatic rings. The lowest BCUT2D eigenvalue weighted by atomic mass is 9.91. The van der Waals surface area contributed by atoms with Crippen LogP contribution in [-0.4, -0.2) is 40.3 Å². The van der Waals surface area contributed by atoms with Gasteiger partial charge in [0.2, 0.25) is 0 Å². The Morgan fingerprint density at radius 3 is 2.53 bits per heavy atom. The molecule has 104 valence electrons. The van der Waals surface area contributed by atoms with Gasteiger partial charge in [0, 0.05) is 31.3 Å². The molecular weight excluding hydrogens is 238 g/mol. The fourth-order valence-corrected chi connectivity index (χ4v) is 2.57. The highest BCUT2D eigenvalue weighted by atomic mass is 16.1. The molecule has 1 aliphatic heterocycles. The van der Waals surface area contributed by atoms with Crippen molar-refractivity contribution in [2.45, 2.75) is 39.0 Å². The quantitative estimate of drug-likeness (QED) is 0.815. The summed E-state index contributed by atoms with van der Waals surface area (Å²) in [7, 11) is 0. The normalized spacial score (nSPS) is 17.8. The molecule has 0 N–H and O–H groups in total. The number of aromatic nitrogens is 2. The molecule has 1 saturated heterocycles. The fraction of sp³-hybridized carbons (Fsp3) is 0.667. The first kappa shape index (κ1) is 14.1. The topological polar surface area (TPSA) is 46.1 Å². The predicted molar refractivity (Wildman–Crippen MR) is 74.9 cm³/mol. The van der Waals surface area contributed by atoms with E-state index in [4.69, 9.17) is 0 Å². The molecule has 0 saturated carbocycles. The number of nitrogens with zero attached hydrogens (tertiary/aromatic N) is 3. The Morgan fingerprint density at radius 1 is 1.32 bits per heavy atom. The Morgan fingerprint density at radius 2 is 1.95 bits per heavy atom. The van der Waals surface area contributed by atoms with E-state index in [0.29, 0.717) is 18.1 Å². The molecule has 0 aromatic carbocycles. The molecule has 1 aliphatic rings. The highest BCUT2D eigenvalue weighted by Crippen LogP contribution is 2.26. The van der Waals surface area contributed by atoms with Gasteiger partial charge in [0.25, 0.3) is 0 Å².